The van der Waals surface area contributed by atoms with Gasteiger partial charge in [-0.3, -0.25) is 29.1 Å². The molecule has 6 N–H and O–H groups in total. The number of rotatable bonds is 9. The van der Waals surface area contributed by atoms with Crippen LogP contribution in [0.2, 0.25) is 0 Å². The molecule has 0 aliphatic rings. The summed E-state index contributed by atoms with van der Waals surface area (Å²) >= 11 is 0. The van der Waals surface area contributed by atoms with Crippen molar-refractivity contribution in [2.75, 3.05) is 13.1 Å². The molecule has 0 fully saturated rings. The smallest absolute Gasteiger partial charge is 0.329 e. The maximum atomic E-state index is 11.3. The average Bonchev–Trinajstić information content (AvgIpc) is 2.66. The van der Waals surface area contributed by atoms with Crippen molar-refractivity contribution < 1.29 is 38.9 Å². The molecule has 32 heavy (non-hydrogen) atoms. The van der Waals surface area contributed by atoms with E-state index in [1.165, 1.54) is 38.7 Å². The minimum atomic E-state index is -4.38. The lowest BCUT2D eigenvalue weighted by Crippen LogP contribution is -2.01. The molecule has 0 saturated carbocycles. The van der Waals surface area contributed by atoms with Crippen molar-refractivity contribution in [3.63, 3.8) is 0 Å². The molecule has 0 bridgehead atoms. The first-order valence-electron chi connectivity index (χ1n) is 9.22. The Morgan fingerprint density at radius 1 is 0.781 bits per heavy atom. The zero-order chi connectivity index (χ0) is 24.1. The number of aromatic hydroxyl groups is 2. The van der Waals surface area contributed by atoms with Crippen LogP contribution < -0.4 is 0 Å². The van der Waals surface area contributed by atoms with Gasteiger partial charge in [-0.1, -0.05) is 0 Å². The summed E-state index contributed by atoms with van der Waals surface area (Å²) < 4.78 is 22.6. The van der Waals surface area contributed by atoms with E-state index in [1.807, 2.05) is 0 Å². The third-order valence-corrected chi connectivity index (χ3v) is 5.77. The molecule has 0 aromatic carbocycles. The van der Waals surface area contributed by atoms with E-state index < -0.39 is 27.5 Å². The second kappa shape index (κ2) is 10.4. The third kappa shape index (κ3) is 7.59. The van der Waals surface area contributed by atoms with E-state index in [4.69, 9.17) is 0 Å². The molecular weight excluding hydrogens is 462 g/mol. The van der Waals surface area contributed by atoms with Gasteiger partial charge >= 0.3 is 15.2 Å². The van der Waals surface area contributed by atoms with Crippen LogP contribution in [0.4, 0.5) is 0 Å². The molecule has 14 heteroatoms. The molecule has 174 valence electrons. The molecule has 2 aromatic heterocycles. The topological polar surface area (TPSA) is 206 Å². The predicted molar refractivity (Wildman–Crippen MR) is 118 cm³/mol. The highest BCUT2D eigenvalue weighted by Crippen LogP contribution is 2.41. The second-order valence-corrected chi connectivity index (χ2v) is 10.3. The summed E-state index contributed by atoms with van der Waals surface area (Å²) in [5, 5.41) is 20.3. The molecule has 0 aliphatic heterocycles. The summed E-state index contributed by atoms with van der Waals surface area (Å²) in [6.07, 6.45) is 3.89. The summed E-state index contributed by atoms with van der Waals surface area (Å²) in [5.74, 6) is -0.468. The molecular formula is C18H24N4O8P2. The van der Waals surface area contributed by atoms with Crippen LogP contribution in [0.15, 0.2) is 22.4 Å². The van der Waals surface area contributed by atoms with Gasteiger partial charge in [0.05, 0.1) is 36.8 Å². The van der Waals surface area contributed by atoms with Gasteiger partial charge in [-0.05, 0) is 25.0 Å². The average molecular weight is 486 g/mol. The Labute approximate surface area is 183 Å². The van der Waals surface area contributed by atoms with Crippen LogP contribution in [0.1, 0.15) is 33.6 Å². The fourth-order valence-electron chi connectivity index (χ4n) is 2.72. The highest BCUT2D eigenvalue weighted by atomic mass is 31.2. The van der Waals surface area contributed by atoms with Gasteiger partial charge in [0.2, 0.25) is 0 Å². The SMILES string of the molecule is Cc1ncc(CP(=O)(O)O)c(C=NCCN=Cc2c(CP(=O)(O)O)cnc(C)c2O)c1O. The molecule has 12 nitrogen and oxygen atoms in total. The molecule has 2 rings (SSSR count). The number of hydrogen-bond donors (Lipinski definition) is 6. The zero-order valence-corrected chi connectivity index (χ0v) is 19.1. The Balaban J connectivity index is 2.15. The van der Waals surface area contributed by atoms with Crippen LogP contribution in [-0.4, -0.2) is 65.3 Å². The van der Waals surface area contributed by atoms with Crippen molar-refractivity contribution in [3.05, 3.63) is 46.0 Å². The van der Waals surface area contributed by atoms with Crippen LogP contribution in [-0.2, 0) is 21.5 Å². The van der Waals surface area contributed by atoms with E-state index in [9.17, 15) is 38.9 Å². The van der Waals surface area contributed by atoms with Gasteiger partial charge in [0.15, 0.2) is 0 Å². The monoisotopic (exact) mass is 486 g/mol. The second-order valence-electron chi connectivity index (χ2n) is 6.98. The molecule has 0 unspecified atom stereocenters. The van der Waals surface area contributed by atoms with E-state index >= 15 is 0 Å². The van der Waals surface area contributed by atoms with Gasteiger partial charge in [-0.15, -0.1) is 0 Å². The number of hydrogen-bond acceptors (Lipinski definition) is 8. The van der Waals surface area contributed by atoms with E-state index in [2.05, 4.69) is 20.0 Å². The molecule has 0 radical (unpaired) electrons. The first-order valence-corrected chi connectivity index (χ1v) is 12.8. The van der Waals surface area contributed by atoms with Gasteiger partial charge in [-0.2, -0.15) is 0 Å². The highest BCUT2D eigenvalue weighted by molar-refractivity contribution is 7.51. The molecule has 2 heterocycles. The maximum absolute atomic E-state index is 11.3. The lowest BCUT2D eigenvalue weighted by atomic mass is 10.1. The standard InChI is InChI=1S/C18H24N4O8P2/c1-11-17(23)15(13(5-21-11)9-31(25,26)27)7-19-3-4-20-8-16-14(10-32(28,29)30)6-22-12(2)18(16)24/h5-8,23-24H,3-4,9-10H2,1-2H3,(H2,25,26,27)(H2,28,29,30). The maximum Gasteiger partial charge on any atom is 0.329 e. The van der Waals surface area contributed by atoms with E-state index in [-0.39, 0.29) is 58.2 Å². The van der Waals surface area contributed by atoms with Crippen LogP contribution in [0, 0.1) is 13.8 Å². The normalized spacial score (nSPS) is 12.8. The summed E-state index contributed by atoms with van der Waals surface area (Å²) in [6.45, 7) is 3.34. The van der Waals surface area contributed by atoms with Crippen molar-refractivity contribution in [1.29, 1.82) is 0 Å². The van der Waals surface area contributed by atoms with E-state index in [0.717, 1.165) is 0 Å². The largest absolute Gasteiger partial charge is 0.505 e. The molecule has 2 aromatic rings. The number of aromatic nitrogens is 2. The molecule has 0 atom stereocenters. The highest BCUT2D eigenvalue weighted by Gasteiger charge is 2.20. The van der Waals surface area contributed by atoms with Crippen molar-refractivity contribution in [2.45, 2.75) is 26.2 Å². The minimum absolute atomic E-state index is 0.130. The number of aliphatic imine (C=N–C) groups is 2. The lowest BCUT2D eigenvalue weighted by Gasteiger charge is -2.10. The fourth-order valence-corrected chi connectivity index (χ4v) is 4.11. The van der Waals surface area contributed by atoms with Gasteiger partial charge in [0, 0.05) is 35.9 Å². The van der Waals surface area contributed by atoms with Gasteiger partial charge in [-0.25, -0.2) is 0 Å². The first-order chi connectivity index (χ1) is 14.8. The van der Waals surface area contributed by atoms with E-state index in [1.54, 1.807) is 0 Å². The van der Waals surface area contributed by atoms with Crippen molar-refractivity contribution in [2.24, 2.45) is 9.98 Å². The van der Waals surface area contributed by atoms with Crippen molar-refractivity contribution in [1.82, 2.24) is 9.97 Å². The van der Waals surface area contributed by atoms with Crippen molar-refractivity contribution >= 4 is 27.6 Å². The molecule has 0 saturated heterocycles. The summed E-state index contributed by atoms with van der Waals surface area (Å²) in [6, 6.07) is 0. The third-order valence-electron chi connectivity index (χ3n) is 4.27. The van der Waals surface area contributed by atoms with Gasteiger partial charge < -0.3 is 29.8 Å². The predicted octanol–water partition coefficient (Wildman–Crippen LogP) is 1.40. The number of nitrogens with zero attached hydrogens (tertiary/aromatic N) is 4. The Morgan fingerprint density at radius 2 is 1.12 bits per heavy atom. The molecule has 0 aliphatic carbocycles. The van der Waals surface area contributed by atoms with Crippen LogP contribution in [0.5, 0.6) is 11.5 Å². The van der Waals surface area contributed by atoms with Crippen LogP contribution >= 0.6 is 15.2 Å². The van der Waals surface area contributed by atoms with E-state index in [0.29, 0.717) is 0 Å². The Morgan fingerprint density at radius 3 is 1.44 bits per heavy atom. The summed E-state index contributed by atoms with van der Waals surface area (Å²) in [7, 11) is -8.77. The summed E-state index contributed by atoms with van der Waals surface area (Å²) in [5.41, 5.74) is 1.15. The Hall–Kier alpha value is -2.46. The quantitative estimate of drug-likeness (QED) is 0.171. The van der Waals surface area contributed by atoms with Crippen molar-refractivity contribution in [3.8, 4) is 11.5 Å². The van der Waals surface area contributed by atoms with Gasteiger partial charge in [0.25, 0.3) is 0 Å². The Bertz CT molecular complexity index is 1050. The fraction of sp³-hybridized carbons (Fsp3) is 0.333. The number of pyridine rings is 2. The number of aryl methyl sites for hydroxylation is 2. The Kier molecular flexibility index (Phi) is 8.41. The lowest BCUT2D eigenvalue weighted by molar-refractivity contribution is 0.369. The molecule has 0 amide bonds. The summed E-state index contributed by atoms with van der Waals surface area (Å²) in [4.78, 5) is 52.8. The van der Waals surface area contributed by atoms with Gasteiger partial charge in [0.1, 0.15) is 11.5 Å². The first kappa shape index (κ1) is 25.8. The van der Waals surface area contributed by atoms with Crippen LogP contribution in [0.3, 0.4) is 0 Å². The van der Waals surface area contributed by atoms with Crippen LogP contribution in [0.25, 0.3) is 0 Å². The minimum Gasteiger partial charge on any atom is -0.505 e. The molecule has 0 spiro atoms. The zero-order valence-electron chi connectivity index (χ0n) is 17.3.